The molecule has 1 amide bonds. The molecule has 0 aromatic heterocycles. The van der Waals surface area contributed by atoms with E-state index in [-0.39, 0.29) is 24.9 Å². The molecule has 2 unspecified atom stereocenters. The third-order valence-electron chi connectivity index (χ3n) is 2.90. The van der Waals surface area contributed by atoms with Crippen molar-refractivity contribution in [1.82, 2.24) is 4.90 Å². The van der Waals surface area contributed by atoms with Crippen LogP contribution >= 0.6 is 12.4 Å². The molecule has 5 nitrogen and oxygen atoms in total. The van der Waals surface area contributed by atoms with Crippen molar-refractivity contribution in [3.05, 3.63) is 0 Å². The Labute approximate surface area is 109 Å². The zero-order valence-corrected chi connectivity index (χ0v) is 11.4. The van der Waals surface area contributed by atoms with Crippen molar-refractivity contribution in [3.63, 3.8) is 0 Å². The lowest BCUT2D eigenvalue weighted by Crippen LogP contribution is -2.50. The molecule has 102 valence electrons. The molecule has 1 heterocycles. The Morgan fingerprint density at radius 2 is 2.18 bits per heavy atom. The van der Waals surface area contributed by atoms with E-state index in [1.54, 1.807) is 14.2 Å². The molecule has 0 aromatic carbocycles. The summed E-state index contributed by atoms with van der Waals surface area (Å²) in [5.74, 6) is 0.431. The highest BCUT2D eigenvalue weighted by Gasteiger charge is 2.26. The number of piperidine rings is 1. The Balaban J connectivity index is 0.00000256. The number of rotatable bonds is 5. The summed E-state index contributed by atoms with van der Waals surface area (Å²) >= 11 is 0. The van der Waals surface area contributed by atoms with Crippen LogP contribution in [0.1, 0.15) is 12.8 Å². The summed E-state index contributed by atoms with van der Waals surface area (Å²) in [7, 11) is 3.24. The topological polar surface area (TPSA) is 64.8 Å². The number of nitrogens with zero attached hydrogens (tertiary/aromatic N) is 1. The average molecular weight is 267 g/mol. The van der Waals surface area contributed by atoms with E-state index in [1.165, 1.54) is 0 Å². The summed E-state index contributed by atoms with van der Waals surface area (Å²) in [4.78, 5) is 13.7. The molecular weight excluding hydrogens is 244 g/mol. The van der Waals surface area contributed by atoms with Crippen molar-refractivity contribution in [3.8, 4) is 0 Å². The molecule has 2 N–H and O–H groups in total. The minimum absolute atomic E-state index is 0. The van der Waals surface area contributed by atoms with Crippen molar-refractivity contribution in [2.24, 2.45) is 11.7 Å². The molecule has 17 heavy (non-hydrogen) atoms. The van der Waals surface area contributed by atoms with E-state index in [9.17, 15) is 4.79 Å². The lowest BCUT2D eigenvalue weighted by Gasteiger charge is -2.33. The predicted molar refractivity (Wildman–Crippen MR) is 68.3 cm³/mol. The van der Waals surface area contributed by atoms with Gasteiger partial charge in [-0.1, -0.05) is 0 Å². The fourth-order valence-electron chi connectivity index (χ4n) is 2.12. The molecule has 1 rings (SSSR count). The summed E-state index contributed by atoms with van der Waals surface area (Å²) in [6, 6.07) is -0.536. The first-order valence-corrected chi connectivity index (χ1v) is 5.71. The van der Waals surface area contributed by atoms with Gasteiger partial charge >= 0.3 is 0 Å². The van der Waals surface area contributed by atoms with E-state index in [1.807, 2.05) is 4.90 Å². The number of carbonyl (C=O) groups excluding carboxylic acids is 1. The van der Waals surface area contributed by atoms with Crippen LogP contribution in [0.15, 0.2) is 0 Å². The van der Waals surface area contributed by atoms with Gasteiger partial charge in [0.05, 0.1) is 13.2 Å². The minimum Gasteiger partial charge on any atom is -0.384 e. The molecule has 0 aliphatic carbocycles. The normalized spacial score (nSPS) is 21.8. The van der Waals surface area contributed by atoms with Crippen LogP contribution < -0.4 is 5.73 Å². The van der Waals surface area contributed by atoms with Gasteiger partial charge in [-0.3, -0.25) is 4.79 Å². The van der Waals surface area contributed by atoms with E-state index in [0.29, 0.717) is 12.5 Å². The predicted octanol–water partition coefficient (Wildman–Crippen LogP) is 0.267. The zero-order chi connectivity index (χ0) is 12.0. The summed E-state index contributed by atoms with van der Waals surface area (Å²) in [5, 5.41) is 0. The van der Waals surface area contributed by atoms with Gasteiger partial charge < -0.3 is 20.1 Å². The summed E-state index contributed by atoms with van der Waals surface area (Å²) < 4.78 is 10.0. The van der Waals surface area contributed by atoms with Gasteiger partial charge in [-0.2, -0.15) is 0 Å². The quantitative estimate of drug-likeness (QED) is 0.776. The maximum Gasteiger partial charge on any atom is 0.241 e. The molecule has 1 saturated heterocycles. The van der Waals surface area contributed by atoms with Crippen molar-refractivity contribution in [2.75, 3.05) is 40.5 Å². The zero-order valence-electron chi connectivity index (χ0n) is 10.6. The molecule has 0 bridgehead atoms. The van der Waals surface area contributed by atoms with E-state index in [4.69, 9.17) is 15.2 Å². The second-order valence-corrected chi connectivity index (χ2v) is 4.31. The van der Waals surface area contributed by atoms with Crippen molar-refractivity contribution in [2.45, 2.75) is 18.9 Å². The molecule has 0 aromatic rings. The van der Waals surface area contributed by atoms with Gasteiger partial charge in [0.25, 0.3) is 0 Å². The monoisotopic (exact) mass is 266 g/mol. The molecule has 1 aliphatic rings. The minimum atomic E-state index is -0.536. The Morgan fingerprint density at radius 1 is 1.47 bits per heavy atom. The summed E-state index contributed by atoms with van der Waals surface area (Å²) in [5.41, 5.74) is 5.73. The second kappa shape index (κ2) is 8.69. The van der Waals surface area contributed by atoms with Crippen LogP contribution in [0.3, 0.4) is 0 Å². The smallest absolute Gasteiger partial charge is 0.241 e. The molecule has 1 aliphatic heterocycles. The summed E-state index contributed by atoms with van der Waals surface area (Å²) in [6.07, 6.45) is 2.15. The number of ether oxygens (including phenoxy) is 2. The van der Waals surface area contributed by atoms with E-state index >= 15 is 0 Å². The third kappa shape index (κ3) is 5.21. The van der Waals surface area contributed by atoms with E-state index in [0.717, 1.165) is 25.9 Å². The van der Waals surface area contributed by atoms with Gasteiger partial charge in [-0.05, 0) is 18.8 Å². The second-order valence-electron chi connectivity index (χ2n) is 4.31. The molecule has 1 fully saturated rings. The molecule has 6 heteroatoms. The first-order valence-electron chi connectivity index (χ1n) is 5.71. The Hall–Kier alpha value is -0.360. The van der Waals surface area contributed by atoms with E-state index in [2.05, 4.69) is 0 Å². The standard InChI is InChI=1S/C11H22N2O3.ClH/c1-15-7-9-4-3-5-13(6-9)11(14)10(12)8-16-2;/h9-10H,3-8,12H2,1-2H3;1H. The Bertz CT molecular complexity index is 227. The largest absolute Gasteiger partial charge is 0.384 e. The number of methoxy groups -OCH3 is 2. The highest BCUT2D eigenvalue weighted by molar-refractivity contribution is 5.85. The van der Waals surface area contributed by atoms with Crippen LogP contribution in [0.2, 0.25) is 0 Å². The summed E-state index contributed by atoms with van der Waals surface area (Å²) in [6.45, 7) is 2.55. The lowest BCUT2D eigenvalue weighted by atomic mass is 9.98. The van der Waals surface area contributed by atoms with Gasteiger partial charge in [0.2, 0.25) is 5.91 Å². The first kappa shape index (κ1) is 16.6. The van der Waals surface area contributed by atoms with Gasteiger partial charge in [-0.15, -0.1) is 12.4 Å². The average Bonchev–Trinajstić information content (AvgIpc) is 2.29. The first-order chi connectivity index (χ1) is 7.69. The molecule has 2 atom stereocenters. The van der Waals surface area contributed by atoms with Gasteiger partial charge in [0, 0.05) is 27.3 Å². The van der Waals surface area contributed by atoms with Gasteiger partial charge in [0.15, 0.2) is 0 Å². The number of nitrogens with two attached hydrogens (primary N) is 1. The van der Waals surface area contributed by atoms with Crippen molar-refractivity contribution < 1.29 is 14.3 Å². The maximum atomic E-state index is 11.9. The highest BCUT2D eigenvalue weighted by Crippen LogP contribution is 2.17. The number of hydrogen-bond acceptors (Lipinski definition) is 4. The van der Waals surface area contributed by atoms with Gasteiger partial charge in [-0.25, -0.2) is 0 Å². The van der Waals surface area contributed by atoms with Crippen LogP contribution in [-0.4, -0.2) is 57.4 Å². The van der Waals surface area contributed by atoms with Crippen LogP contribution in [0.25, 0.3) is 0 Å². The number of likely N-dealkylation sites (tertiary alicyclic amines) is 1. The maximum absolute atomic E-state index is 11.9. The number of halogens is 1. The highest BCUT2D eigenvalue weighted by atomic mass is 35.5. The van der Waals surface area contributed by atoms with Crippen molar-refractivity contribution >= 4 is 18.3 Å². The van der Waals surface area contributed by atoms with Crippen LogP contribution in [-0.2, 0) is 14.3 Å². The SMILES string of the molecule is COCC1CCCN(C(=O)C(N)COC)C1.Cl. The number of amides is 1. The lowest BCUT2D eigenvalue weighted by molar-refractivity contribution is -0.136. The fourth-order valence-corrected chi connectivity index (χ4v) is 2.12. The molecule has 0 radical (unpaired) electrons. The number of hydrogen-bond donors (Lipinski definition) is 1. The van der Waals surface area contributed by atoms with Crippen LogP contribution in [0, 0.1) is 5.92 Å². The van der Waals surface area contributed by atoms with Crippen molar-refractivity contribution in [1.29, 1.82) is 0 Å². The number of carbonyl (C=O) groups is 1. The Morgan fingerprint density at radius 3 is 2.76 bits per heavy atom. The van der Waals surface area contributed by atoms with E-state index < -0.39 is 6.04 Å². The molecule has 0 saturated carbocycles. The molecular formula is C11H23ClN2O3. The Kier molecular flexibility index (Phi) is 8.51. The molecule has 0 spiro atoms. The fraction of sp³-hybridized carbons (Fsp3) is 0.909. The van der Waals surface area contributed by atoms with Crippen LogP contribution in [0.5, 0.6) is 0 Å². The third-order valence-corrected chi connectivity index (χ3v) is 2.90. The van der Waals surface area contributed by atoms with Crippen LogP contribution in [0.4, 0.5) is 0 Å². The van der Waals surface area contributed by atoms with Gasteiger partial charge in [0.1, 0.15) is 6.04 Å².